The summed E-state index contributed by atoms with van der Waals surface area (Å²) in [4.78, 5) is 1.52. The van der Waals surface area contributed by atoms with Gasteiger partial charge in [0.25, 0.3) is 5.92 Å². The van der Waals surface area contributed by atoms with Gasteiger partial charge in [-0.15, -0.1) is 0 Å². The van der Waals surface area contributed by atoms with Gasteiger partial charge in [-0.25, -0.2) is 8.78 Å². The van der Waals surface area contributed by atoms with Crippen molar-refractivity contribution in [2.75, 3.05) is 20.1 Å². The second-order valence-corrected chi connectivity index (χ2v) is 2.80. The van der Waals surface area contributed by atoms with Crippen LogP contribution < -0.4 is 0 Å². The largest absolute Gasteiger partial charge is 0.387 e. The zero-order valence-corrected chi connectivity index (χ0v) is 7.85. The quantitative estimate of drug-likeness (QED) is 0.609. The van der Waals surface area contributed by atoms with Crippen molar-refractivity contribution in [1.82, 2.24) is 4.90 Å². The Balaban J connectivity index is 0.000000561. The number of rotatable bonds is 0. The van der Waals surface area contributed by atoms with Gasteiger partial charge in [-0.1, -0.05) is 13.8 Å². The van der Waals surface area contributed by atoms with E-state index >= 15 is 0 Å². The van der Waals surface area contributed by atoms with Gasteiger partial charge in [0.1, 0.15) is 6.10 Å². The number of nitrogens with zero attached hydrogens (tertiary/aromatic N) is 1. The first-order valence-corrected chi connectivity index (χ1v) is 4.27. The van der Waals surface area contributed by atoms with Crippen LogP contribution >= 0.6 is 0 Å². The maximum atomic E-state index is 12.6. The molecule has 0 aromatic rings. The van der Waals surface area contributed by atoms with Gasteiger partial charge in [0.2, 0.25) is 0 Å². The Morgan fingerprint density at radius 1 is 1.42 bits per heavy atom. The normalized spacial score (nSPS) is 29.0. The molecule has 1 unspecified atom stereocenters. The first kappa shape index (κ1) is 11.8. The van der Waals surface area contributed by atoms with E-state index in [0.29, 0.717) is 6.54 Å². The maximum Gasteiger partial charge on any atom is 0.285 e. The molecule has 0 bridgehead atoms. The molecule has 1 saturated heterocycles. The van der Waals surface area contributed by atoms with Crippen LogP contribution in [0.2, 0.25) is 0 Å². The Morgan fingerprint density at radius 2 is 1.92 bits per heavy atom. The molecule has 1 aliphatic heterocycles. The lowest BCUT2D eigenvalue weighted by atomic mass is 10.1. The van der Waals surface area contributed by atoms with Gasteiger partial charge in [-0.05, 0) is 13.5 Å². The average molecular weight is 181 g/mol. The Kier molecular flexibility index (Phi) is 4.63. The summed E-state index contributed by atoms with van der Waals surface area (Å²) in [6, 6.07) is 0. The second kappa shape index (κ2) is 4.72. The highest BCUT2D eigenvalue weighted by Gasteiger charge is 2.42. The van der Waals surface area contributed by atoms with Gasteiger partial charge in [0.15, 0.2) is 0 Å². The van der Waals surface area contributed by atoms with E-state index in [2.05, 4.69) is 0 Å². The van der Waals surface area contributed by atoms with Crippen LogP contribution in [0.15, 0.2) is 0 Å². The van der Waals surface area contributed by atoms with Crippen molar-refractivity contribution in [1.29, 1.82) is 0 Å². The second-order valence-electron chi connectivity index (χ2n) is 2.80. The van der Waals surface area contributed by atoms with Crippen molar-refractivity contribution >= 4 is 0 Å². The summed E-state index contributed by atoms with van der Waals surface area (Å²) in [6.45, 7) is 4.23. The van der Waals surface area contributed by atoms with Crippen molar-refractivity contribution in [3.8, 4) is 0 Å². The zero-order valence-electron chi connectivity index (χ0n) is 7.85. The smallest absolute Gasteiger partial charge is 0.285 e. The first-order valence-electron chi connectivity index (χ1n) is 4.27. The molecule has 0 aromatic carbocycles. The minimum absolute atomic E-state index is 0.170. The van der Waals surface area contributed by atoms with Crippen molar-refractivity contribution in [2.24, 2.45) is 0 Å². The fraction of sp³-hybridized carbons (Fsp3) is 1.00. The molecule has 1 atom stereocenters. The molecule has 2 nitrogen and oxygen atoms in total. The van der Waals surface area contributed by atoms with Gasteiger partial charge >= 0.3 is 0 Å². The van der Waals surface area contributed by atoms with Crippen LogP contribution in [0, 0.1) is 0 Å². The van der Waals surface area contributed by atoms with E-state index in [1.54, 1.807) is 7.05 Å². The minimum Gasteiger partial charge on any atom is -0.387 e. The molecule has 0 aliphatic carbocycles. The molecule has 1 heterocycles. The third-order valence-electron chi connectivity index (χ3n) is 1.75. The Hall–Kier alpha value is -0.220. The van der Waals surface area contributed by atoms with Crippen LogP contribution in [0.25, 0.3) is 0 Å². The zero-order chi connectivity index (χ0) is 9.78. The van der Waals surface area contributed by atoms with E-state index in [4.69, 9.17) is 5.11 Å². The maximum absolute atomic E-state index is 12.6. The molecule has 1 rings (SSSR count). The molecule has 1 fully saturated rings. The number of halogens is 2. The Morgan fingerprint density at radius 3 is 2.25 bits per heavy atom. The SMILES string of the molecule is CC.CN1CCC(O)C(F)(F)C1. The minimum atomic E-state index is -2.91. The van der Waals surface area contributed by atoms with Crippen molar-refractivity contribution in [2.45, 2.75) is 32.3 Å². The third-order valence-corrected chi connectivity index (χ3v) is 1.75. The summed E-state index contributed by atoms with van der Waals surface area (Å²) in [5.74, 6) is -2.91. The van der Waals surface area contributed by atoms with Gasteiger partial charge in [0, 0.05) is 6.54 Å². The summed E-state index contributed by atoms with van der Waals surface area (Å²) in [5, 5.41) is 8.78. The Bertz CT molecular complexity index is 130. The molecular formula is C8H17F2NO. The number of aliphatic hydroxyl groups is 1. The number of aliphatic hydroxyl groups excluding tert-OH is 1. The summed E-state index contributed by atoms with van der Waals surface area (Å²) >= 11 is 0. The number of hydrogen-bond acceptors (Lipinski definition) is 2. The molecule has 0 radical (unpaired) electrons. The molecule has 0 amide bonds. The highest BCUT2D eigenvalue weighted by molar-refractivity contribution is 4.84. The molecule has 12 heavy (non-hydrogen) atoms. The predicted octanol–water partition coefficient (Wildman–Crippen LogP) is 1.34. The standard InChI is InChI=1S/C6H11F2NO.C2H6/c1-9-3-2-5(10)6(7,8)4-9;1-2/h5,10H,2-4H2,1H3;1-2H3. The van der Waals surface area contributed by atoms with Gasteiger partial charge < -0.3 is 10.0 Å². The van der Waals surface area contributed by atoms with Gasteiger partial charge in [-0.3, -0.25) is 0 Å². The van der Waals surface area contributed by atoms with Crippen LogP contribution in [0.3, 0.4) is 0 Å². The number of hydrogen-bond donors (Lipinski definition) is 1. The predicted molar refractivity (Wildman–Crippen MR) is 44.4 cm³/mol. The molecular weight excluding hydrogens is 164 g/mol. The molecule has 1 aliphatic rings. The van der Waals surface area contributed by atoms with E-state index in [0.717, 1.165) is 0 Å². The molecule has 0 spiro atoms. The highest BCUT2D eigenvalue weighted by Crippen LogP contribution is 2.25. The van der Waals surface area contributed by atoms with E-state index in [-0.39, 0.29) is 13.0 Å². The monoisotopic (exact) mass is 181 g/mol. The molecule has 0 aromatic heterocycles. The summed E-state index contributed by atoms with van der Waals surface area (Å²) in [5.41, 5.74) is 0. The third kappa shape index (κ3) is 3.03. The van der Waals surface area contributed by atoms with Crippen LogP contribution in [0.4, 0.5) is 8.78 Å². The first-order chi connectivity index (χ1) is 5.52. The fourth-order valence-corrected chi connectivity index (χ4v) is 1.10. The van der Waals surface area contributed by atoms with Crippen LogP contribution in [0.5, 0.6) is 0 Å². The Labute approximate surface area is 72.2 Å². The van der Waals surface area contributed by atoms with E-state index < -0.39 is 12.0 Å². The van der Waals surface area contributed by atoms with Crippen molar-refractivity contribution in [3.63, 3.8) is 0 Å². The summed E-state index contributed by atoms with van der Waals surface area (Å²) in [6.07, 6.45) is -1.27. The topological polar surface area (TPSA) is 23.5 Å². The summed E-state index contributed by atoms with van der Waals surface area (Å²) in [7, 11) is 1.62. The van der Waals surface area contributed by atoms with Gasteiger partial charge in [0.05, 0.1) is 6.54 Å². The van der Waals surface area contributed by atoms with Crippen LogP contribution in [0.1, 0.15) is 20.3 Å². The van der Waals surface area contributed by atoms with Crippen LogP contribution in [-0.4, -0.2) is 42.2 Å². The molecule has 1 N–H and O–H groups in total. The van der Waals surface area contributed by atoms with Crippen molar-refractivity contribution < 1.29 is 13.9 Å². The highest BCUT2D eigenvalue weighted by atomic mass is 19.3. The summed E-state index contributed by atoms with van der Waals surface area (Å²) < 4.78 is 25.1. The number of piperidine rings is 1. The van der Waals surface area contributed by atoms with E-state index in [9.17, 15) is 8.78 Å². The lowest BCUT2D eigenvalue weighted by Gasteiger charge is -2.33. The van der Waals surface area contributed by atoms with Crippen molar-refractivity contribution in [3.05, 3.63) is 0 Å². The lowest BCUT2D eigenvalue weighted by Crippen LogP contribution is -2.49. The number of likely N-dealkylation sites (tertiary alicyclic amines) is 1. The number of alkyl halides is 2. The molecule has 0 saturated carbocycles. The van der Waals surface area contributed by atoms with Crippen LogP contribution in [-0.2, 0) is 0 Å². The van der Waals surface area contributed by atoms with Gasteiger partial charge in [-0.2, -0.15) is 0 Å². The lowest BCUT2D eigenvalue weighted by molar-refractivity contribution is -0.145. The molecule has 4 heteroatoms. The van der Waals surface area contributed by atoms with E-state index in [1.165, 1.54) is 4.90 Å². The average Bonchev–Trinajstić information content (AvgIpc) is 2.01. The molecule has 74 valence electrons. The van der Waals surface area contributed by atoms with E-state index in [1.807, 2.05) is 13.8 Å². The fourth-order valence-electron chi connectivity index (χ4n) is 1.10.